The van der Waals surface area contributed by atoms with Crippen molar-refractivity contribution in [2.24, 2.45) is 0 Å². The molecular weight excluding hydrogens is 511 g/mol. The topological polar surface area (TPSA) is 69.7 Å². The van der Waals surface area contributed by atoms with E-state index in [4.69, 9.17) is 16.3 Å². The van der Waals surface area contributed by atoms with Crippen LogP contribution in [0, 0.1) is 5.82 Å². The van der Waals surface area contributed by atoms with Crippen LogP contribution in [0.4, 0.5) is 4.39 Å². The summed E-state index contributed by atoms with van der Waals surface area (Å²) in [5.74, 6) is -2.07. The van der Waals surface area contributed by atoms with Crippen LogP contribution in [0.2, 0.25) is 5.02 Å². The summed E-state index contributed by atoms with van der Waals surface area (Å²) in [6.45, 7) is -0.503. The third kappa shape index (κ3) is 5.64. The maximum Gasteiger partial charge on any atom is 0.343 e. The second-order valence-corrected chi connectivity index (χ2v) is 9.76. The van der Waals surface area contributed by atoms with Crippen LogP contribution in [-0.4, -0.2) is 28.1 Å². The molecule has 31 heavy (non-hydrogen) atoms. The van der Waals surface area contributed by atoms with E-state index in [-0.39, 0.29) is 25.7 Å². The SMILES string of the molecule is COC(=O)COc1c(Br)cc(Cl)cc1S(=O)(=O)Cc1cc(-c2ccccc2)ccc1F. The highest BCUT2D eigenvalue weighted by Crippen LogP contribution is 2.37. The number of rotatable bonds is 7. The highest BCUT2D eigenvalue weighted by atomic mass is 79.9. The van der Waals surface area contributed by atoms with Crippen molar-refractivity contribution >= 4 is 43.3 Å². The van der Waals surface area contributed by atoms with E-state index < -0.39 is 34.0 Å². The molecule has 3 aromatic carbocycles. The second-order valence-electron chi connectivity index (χ2n) is 6.51. The van der Waals surface area contributed by atoms with Crippen molar-refractivity contribution in [2.45, 2.75) is 10.6 Å². The molecule has 0 heterocycles. The molecule has 0 bridgehead atoms. The molecule has 9 heteroatoms. The number of carbonyl (C=O) groups is 1. The fourth-order valence-corrected chi connectivity index (χ4v) is 5.54. The Morgan fingerprint density at radius 2 is 1.77 bits per heavy atom. The third-order valence-corrected chi connectivity index (χ3v) is 6.84. The van der Waals surface area contributed by atoms with Gasteiger partial charge in [-0.15, -0.1) is 0 Å². The zero-order valence-electron chi connectivity index (χ0n) is 16.3. The van der Waals surface area contributed by atoms with Crippen molar-refractivity contribution in [1.82, 2.24) is 0 Å². The number of carbonyl (C=O) groups excluding carboxylic acids is 1. The first-order valence-corrected chi connectivity index (χ1v) is 11.8. The fourth-order valence-electron chi connectivity index (χ4n) is 2.88. The molecule has 0 aliphatic rings. The second kappa shape index (κ2) is 9.80. The van der Waals surface area contributed by atoms with E-state index in [0.29, 0.717) is 5.56 Å². The Labute approximate surface area is 192 Å². The molecule has 0 aliphatic heterocycles. The number of halogens is 3. The average molecular weight is 528 g/mol. The first-order valence-electron chi connectivity index (χ1n) is 8.96. The summed E-state index contributed by atoms with van der Waals surface area (Å²) in [6.07, 6.45) is 0. The van der Waals surface area contributed by atoms with Gasteiger partial charge in [-0.2, -0.15) is 0 Å². The lowest BCUT2D eigenvalue weighted by Gasteiger charge is -2.14. The van der Waals surface area contributed by atoms with Gasteiger partial charge in [-0.1, -0.05) is 48.0 Å². The van der Waals surface area contributed by atoms with Crippen LogP contribution >= 0.6 is 27.5 Å². The summed E-state index contributed by atoms with van der Waals surface area (Å²) in [5, 5.41) is 0.134. The largest absolute Gasteiger partial charge is 0.479 e. The van der Waals surface area contributed by atoms with Gasteiger partial charge in [0.05, 0.1) is 17.3 Å². The Morgan fingerprint density at radius 3 is 2.45 bits per heavy atom. The van der Waals surface area contributed by atoms with E-state index in [9.17, 15) is 17.6 Å². The van der Waals surface area contributed by atoms with Crippen molar-refractivity contribution in [3.05, 3.63) is 81.5 Å². The van der Waals surface area contributed by atoms with Crippen molar-refractivity contribution in [2.75, 3.05) is 13.7 Å². The van der Waals surface area contributed by atoms with Crippen LogP contribution in [0.1, 0.15) is 5.56 Å². The molecule has 0 radical (unpaired) electrons. The summed E-state index contributed by atoms with van der Waals surface area (Å²) in [5.41, 5.74) is 1.51. The van der Waals surface area contributed by atoms with Gasteiger partial charge in [0.2, 0.25) is 0 Å². The maximum atomic E-state index is 14.5. The average Bonchev–Trinajstić information content (AvgIpc) is 2.74. The third-order valence-electron chi connectivity index (χ3n) is 4.37. The molecule has 3 rings (SSSR count). The van der Waals surface area contributed by atoms with Gasteiger partial charge >= 0.3 is 5.97 Å². The van der Waals surface area contributed by atoms with Gasteiger partial charge < -0.3 is 9.47 Å². The summed E-state index contributed by atoms with van der Waals surface area (Å²) >= 11 is 9.25. The molecule has 0 spiro atoms. The molecule has 0 aromatic heterocycles. The minimum absolute atomic E-state index is 0.00336. The Bertz CT molecular complexity index is 1220. The van der Waals surface area contributed by atoms with Gasteiger partial charge in [0.15, 0.2) is 22.2 Å². The lowest BCUT2D eigenvalue weighted by atomic mass is 10.0. The van der Waals surface area contributed by atoms with Crippen molar-refractivity contribution in [1.29, 1.82) is 0 Å². The predicted molar refractivity (Wildman–Crippen MR) is 119 cm³/mol. The van der Waals surface area contributed by atoms with Crippen LogP contribution in [0.25, 0.3) is 11.1 Å². The molecule has 5 nitrogen and oxygen atoms in total. The Balaban J connectivity index is 2.00. The molecule has 0 aliphatic carbocycles. The molecule has 0 fully saturated rings. The van der Waals surface area contributed by atoms with Crippen molar-refractivity contribution in [3.63, 3.8) is 0 Å². The molecule has 0 saturated heterocycles. The van der Waals surface area contributed by atoms with Crippen LogP contribution in [0.3, 0.4) is 0 Å². The Hall–Kier alpha value is -2.42. The molecule has 0 unspecified atom stereocenters. The van der Waals surface area contributed by atoms with Crippen molar-refractivity contribution in [3.8, 4) is 16.9 Å². The fraction of sp³-hybridized carbons (Fsp3) is 0.136. The molecule has 0 atom stereocenters. The number of hydrogen-bond donors (Lipinski definition) is 0. The monoisotopic (exact) mass is 526 g/mol. The first-order chi connectivity index (χ1) is 14.7. The molecular formula is C22H17BrClFO5S. The predicted octanol–water partition coefficient (Wildman–Crippen LogP) is 5.43. The first kappa shape index (κ1) is 23.2. The lowest BCUT2D eigenvalue weighted by Crippen LogP contribution is -2.15. The number of hydrogen-bond acceptors (Lipinski definition) is 5. The molecule has 0 N–H and O–H groups in total. The van der Waals surface area contributed by atoms with E-state index in [2.05, 4.69) is 20.7 Å². The zero-order chi connectivity index (χ0) is 22.6. The van der Waals surface area contributed by atoms with E-state index in [0.717, 1.165) is 5.56 Å². The standard InChI is InChI=1S/C22H17BrClFO5S/c1-29-21(26)12-30-22-18(23)10-17(24)11-20(22)31(27,28)13-16-9-15(7-8-19(16)25)14-5-3-2-4-6-14/h2-11H,12-13H2,1H3. The van der Waals surface area contributed by atoms with Crippen molar-refractivity contribution < 1.29 is 27.1 Å². The summed E-state index contributed by atoms with van der Waals surface area (Å²) in [4.78, 5) is 11.2. The Morgan fingerprint density at radius 1 is 1.06 bits per heavy atom. The number of benzene rings is 3. The molecule has 3 aromatic rings. The number of ether oxygens (including phenoxy) is 2. The van der Waals surface area contributed by atoms with Crippen LogP contribution < -0.4 is 4.74 Å². The normalized spacial score (nSPS) is 11.2. The van der Waals surface area contributed by atoms with Gasteiger partial charge in [0.1, 0.15) is 10.7 Å². The van der Waals surface area contributed by atoms with Gasteiger partial charge in [0, 0.05) is 10.6 Å². The molecule has 0 amide bonds. The quantitative estimate of drug-likeness (QED) is 0.383. The molecule has 162 valence electrons. The lowest BCUT2D eigenvalue weighted by molar-refractivity contribution is -0.143. The number of methoxy groups -OCH3 is 1. The van der Waals surface area contributed by atoms with E-state index >= 15 is 0 Å². The minimum Gasteiger partial charge on any atom is -0.479 e. The zero-order valence-corrected chi connectivity index (χ0v) is 19.4. The highest BCUT2D eigenvalue weighted by molar-refractivity contribution is 9.10. The van der Waals surface area contributed by atoms with E-state index in [1.165, 1.54) is 31.4 Å². The van der Waals surface area contributed by atoms with Gasteiger partial charge in [-0.25, -0.2) is 17.6 Å². The molecule has 0 saturated carbocycles. The van der Waals surface area contributed by atoms with E-state index in [1.807, 2.05) is 30.3 Å². The summed E-state index contributed by atoms with van der Waals surface area (Å²) in [7, 11) is -2.91. The van der Waals surface area contributed by atoms with Gasteiger partial charge in [-0.05, 0) is 51.3 Å². The summed E-state index contributed by atoms with van der Waals surface area (Å²) in [6, 6.07) is 16.2. The number of esters is 1. The van der Waals surface area contributed by atoms with Crippen LogP contribution in [0.5, 0.6) is 5.75 Å². The van der Waals surface area contributed by atoms with Gasteiger partial charge in [0.25, 0.3) is 0 Å². The van der Waals surface area contributed by atoms with E-state index in [1.54, 1.807) is 6.07 Å². The van der Waals surface area contributed by atoms with Crippen LogP contribution in [0.15, 0.2) is 70.0 Å². The van der Waals surface area contributed by atoms with Gasteiger partial charge in [-0.3, -0.25) is 0 Å². The highest BCUT2D eigenvalue weighted by Gasteiger charge is 2.25. The Kier molecular flexibility index (Phi) is 7.35. The minimum atomic E-state index is -4.10. The maximum absolute atomic E-state index is 14.5. The van der Waals surface area contributed by atoms with Crippen LogP contribution in [-0.2, 0) is 25.1 Å². The smallest absolute Gasteiger partial charge is 0.343 e. The summed E-state index contributed by atoms with van der Waals surface area (Å²) < 4.78 is 51.0. The number of sulfone groups is 1.